The fraction of sp³-hybridized carbons (Fsp3) is 0.800. The van der Waals surface area contributed by atoms with Crippen molar-refractivity contribution in [3.05, 3.63) is 16.1 Å². The summed E-state index contributed by atoms with van der Waals surface area (Å²) in [6.45, 7) is 0.397. The van der Waals surface area contributed by atoms with Gasteiger partial charge in [0.15, 0.2) is 0 Å². The first-order chi connectivity index (χ1) is 8.75. The molecule has 5 rings (SSSR count). The maximum atomic E-state index is 9.59. The molecule has 4 saturated carbocycles. The number of hydrogen-bond donors (Lipinski definition) is 1. The van der Waals surface area contributed by atoms with Crippen LogP contribution < -0.4 is 0 Å². The average Bonchev–Trinajstić information content (AvgIpc) is 3.18. The van der Waals surface area contributed by atoms with Gasteiger partial charge in [0, 0.05) is 23.3 Å². The Kier molecular flexibility index (Phi) is 2.41. The van der Waals surface area contributed by atoms with Crippen molar-refractivity contribution in [3.63, 3.8) is 0 Å². The third-order valence-electron chi connectivity index (χ3n) is 5.71. The lowest BCUT2D eigenvalue weighted by Crippen LogP contribution is -2.45. The molecule has 0 amide bonds. The maximum absolute atomic E-state index is 9.59. The minimum absolute atomic E-state index is 0.276. The highest BCUT2D eigenvalue weighted by atomic mass is 32.1. The van der Waals surface area contributed by atoms with Gasteiger partial charge in [-0.05, 0) is 56.8 Å². The lowest BCUT2D eigenvalue weighted by molar-refractivity contribution is -0.00697. The summed E-state index contributed by atoms with van der Waals surface area (Å²) in [6, 6.07) is 0. The Morgan fingerprint density at radius 1 is 1.17 bits per heavy atom. The van der Waals surface area contributed by atoms with E-state index in [2.05, 4.69) is 5.38 Å². The third kappa shape index (κ3) is 1.60. The van der Waals surface area contributed by atoms with Gasteiger partial charge in [0.2, 0.25) is 0 Å². The normalized spacial score (nSPS) is 39.2. The predicted octanol–water partition coefficient (Wildman–Crippen LogP) is 3.60. The Balaban J connectivity index is 1.60. The molecule has 1 aromatic rings. The number of fused-ring (bicyclic) bond motifs is 3. The van der Waals surface area contributed by atoms with Gasteiger partial charge in [-0.1, -0.05) is 0 Å². The number of rotatable bonds is 3. The second-order valence-corrected chi connectivity index (χ2v) is 7.65. The molecule has 4 aliphatic carbocycles. The molecule has 0 radical (unpaired) electrons. The molecule has 0 unspecified atom stereocenters. The van der Waals surface area contributed by atoms with Crippen molar-refractivity contribution < 1.29 is 5.11 Å². The van der Waals surface area contributed by atoms with Gasteiger partial charge in [-0.2, -0.15) is 0 Å². The summed E-state index contributed by atoms with van der Waals surface area (Å²) in [7, 11) is 0. The molecule has 18 heavy (non-hydrogen) atoms. The molecule has 0 atom stereocenters. The van der Waals surface area contributed by atoms with Crippen molar-refractivity contribution in [1.29, 1.82) is 0 Å². The molecular formula is C15H21NOS. The van der Waals surface area contributed by atoms with Crippen LogP contribution in [0, 0.1) is 5.41 Å². The van der Waals surface area contributed by atoms with Crippen molar-refractivity contribution >= 4 is 11.3 Å². The molecular weight excluding hydrogens is 242 g/mol. The summed E-state index contributed by atoms with van der Waals surface area (Å²) in [5, 5.41) is 13.3. The molecule has 1 N–H and O–H groups in total. The number of aliphatic hydroxyl groups excluding tert-OH is 1. The number of hydrogen-bond acceptors (Lipinski definition) is 3. The van der Waals surface area contributed by atoms with Crippen LogP contribution in [-0.2, 0) is 5.41 Å². The largest absolute Gasteiger partial charge is 0.396 e. The minimum atomic E-state index is 0.276. The summed E-state index contributed by atoms with van der Waals surface area (Å²) in [5.41, 5.74) is 2.03. The number of aromatic nitrogens is 1. The van der Waals surface area contributed by atoms with Gasteiger partial charge in [-0.3, -0.25) is 0 Å². The van der Waals surface area contributed by atoms with Gasteiger partial charge in [-0.15, -0.1) is 11.3 Å². The zero-order chi connectivity index (χ0) is 12.2. The lowest BCUT2D eigenvalue weighted by atomic mass is 9.54. The first-order valence-corrected chi connectivity index (χ1v) is 8.20. The van der Waals surface area contributed by atoms with Gasteiger partial charge in [-0.25, -0.2) is 4.98 Å². The van der Waals surface area contributed by atoms with Crippen LogP contribution in [-0.4, -0.2) is 16.7 Å². The van der Waals surface area contributed by atoms with Crippen molar-refractivity contribution in [2.24, 2.45) is 5.41 Å². The fourth-order valence-electron chi connectivity index (χ4n) is 3.92. The molecule has 2 nitrogen and oxygen atoms in total. The smallest absolute Gasteiger partial charge is 0.0990 e. The molecule has 98 valence electrons. The fourth-order valence-corrected chi connectivity index (χ4v) is 5.11. The zero-order valence-electron chi connectivity index (χ0n) is 10.8. The maximum Gasteiger partial charge on any atom is 0.0990 e. The second kappa shape index (κ2) is 3.80. The second-order valence-electron chi connectivity index (χ2n) is 6.79. The first-order valence-electron chi connectivity index (χ1n) is 7.32. The Labute approximate surface area is 112 Å². The van der Waals surface area contributed by atoms with E-state index in [0.717, 1.165) is 5.92 Å². The Hall–Kier alpha value is -0.410. The number of aliphatic hydroxyl groups is 1. The number of thiazole rings is 1. The van der Waals surface area contributed by atoms with Crippen molar-refractivity contribution in [1.82, 2.24) is 4.98 Å². The highest BCUT2D eigenvalue weighted by Gasteiger charge is 2.50. The number of nitrogens with zero attached hydrogens (tertiary/aromatic N) is 1. The third-order valence-corrected chi connectivity index (χ3v) is 6.82. The standard InChI is InChI=1S/C15H21NOS/c17-10-14-3-6-15(7-4-14,8-5-14)13-16-12(9-18-13)11-1-2-11/h9,11,17H,1-8,10H2. The highest BCUT2D eigenvalue weighted by molar-refractivity contribution is 7.09. The van der Waals surface area contributed by atoms with E-state index in [1.807, 2.05) is 11.3 Å². The summed E-state index contributed by atoms with van der Waals surface area (Å²) < 4.78 is 0. The van der Waals surface area contributed by atoms with Crippen molar-refractivity contribution in [3.8, 4) is 0 Å². The van der Waals surface area contributed by atoms with Gasteiger partial charge in [0.25, 0.3) is 0 Å². The highest BCUT2D eigenvalue weighted by Crippen LogP contribution is 2.58. The molecule has 0 aromatic carbocycles. The molecule has 0 spiro atoms. The van der Waals surface area contributed by atoms with Crippen LogP contribution >= 0.6 is 11.3 Å². The lowest BCUT2D eigenvalue weighted by Gasteiger charge is -2.52. The van der Waals surface area contributed by atoms with E-state index < -0.39 is 0 Å². The van der Waals surface area contributed by atoms with E-state index in [4.69, 9.17) is 4.98 Å². The van der Waals surface area contributed by atoms with Crippen LogP contribution in [0.2, 0.25) is 0 Å². The van der Waals surface area contributed by atoms with Crippen LogP contribution in [0.4, 0.5) is 0 Å². The summed E-state index contributed by atoms with van der Waals surface area (Å²) in [4.78, 5) is 4.97. The topological polar surface area (TPSA) is 33.1 Å². The summed E-state index contributed by atoms with van der Waals surface area (Å²) in [5.74, 6) is 0.787. The molecule has 4 aliphatic rings. The monoisotopic (exact) mass is 263 g/mol. The van der Waals surface area contributed by atoms with E-state index in [1.54, 1.807) is 0 Å². The SMILES string of the molecule is OCC12CCC(c3nc(C4CC4)cs3)(CC1)CC2. The van der Waals surface area contributed by atoms with Crippen molar-refractivity contribution in [2.45, 2.75) is 62.7 Å². The first kappa shape index (κ1) is 11.4. The van der Waals surface area contributed by atoms with Gasteiger partial charge in [0.1, 0.15) is 0 Å². The zero-order valence-corrected chi connectivity index (χ0v) is 11.6. The molecule has 1 heterocycles. The van der Waals surface area contributed by atoms with Crippen molar-refractivity contribution in [2.75, 3.05) is 6.61 Å². The van der Waals surface area contributed by atoms with Crippen LogP contribution in [0.3, 0.4) is 0 Å². The molecule has 1 aromatic heterocycles. The van der Waals surface area contributed by atoms with Gasteiger partial charge >= 0.3 is 0 Å². The molecule has 3 heteroatoms. The quantitative estimate of drug-likeness (QED) is 0.903. The van der Waals surface area contributed by atoms with Crippen LogP contribution in [0.1, 0.15) is 68.0 Å². The molecule has 0 saturated heterocycles. The van der Waals surface area contributed by atoms with Crippen LogP contribution in [0.5, 0.6) is 0 Å². The summed E-state index contributed by atoms with van der Waals surface area (Å²) >= 11 is 1.91. The van der Waals surface area contributed by atoms with E-state index in [-0.39, 0.29) is 5.41 Å². The van der Waals surface area contributed by atoms with Crippen LogP contribution in [0.15, 0.2) is 5.38 Å². The average molecular weight is 263 g/mol. The Morgan fingerprint density at radius 3 is 2.39 bits per heavy atom. The van der Waals surface area contributed by atoms with Gasteiger partial charge in [0.05, 0.1) is 10.7 Å². The minimum Gasteiger partial charge on any atom is -0.396 e. The predicted molar refractivity (Wildman–Crippen MR) is 73.0 cm³/mol. The van der Waals surface area contributed by atoms with Crippen LogP contribution in [0.25, 0.3) is 0 Å². The molecule has 2 bridgehead atoms. The molecule has 4 fully saturated rings. The van der Waals surface area contributed by atoms with E-state index in [0.29, 0.717) is 12.0 Å². The Morgan fingerprint density at radius 2 is 1.83 bits per heavy atom. The van der Waals surface area contributed by atoms with E-state index in [1.165, 1.54) is 62.1 Å². The Bertz CT molecular complexity index is 438. The van der Waals surface area contributed by atoms with Gasteiger partial charge < -0.3 is 5.11 Å². The van der Waals surface area contributed by atoms with E-state index >= 15 is 0 Å². The van der Waals surface area contributed by atoms with E-state index in [9.17, 15) is 5.11 Å². The molecule has 0 aliphatic heterocycles. The summed E-state index contributed by atoms with van der Waals surface area (Å²) in [6.07, 6.45) is 10.1.